The number of unbranched alkanes of at least 4 members (excludes halogenated alkanes) is 5. The van der Waals surface area contributed by atoms with Crippen molar-refractivity contribution >= 4 is 0 Å². The van der Waals surface area contributed by atoms with Gasteiger partial charge in [-0.3, -0.25) is 0 Å². The van der Waals surface area contributed by atoms with Gasteiger partial charge < -0.3 is 10.1 Å². The lowest BCUT2D eigenvalue weighted by molar-refractivity contribution is 0.0322. The molecule has 0 amide bonds. The van der Waals surface area contributed by atoms with E-state index in [-0.39, 0.29) is 6.10 Å². The highest BCUT2D eigenvalue weighted by atomic mass is 16.5. The van der Waals surface area contributed by atoms with Crippen molar-refractivity contribution in [2.45, 2.75) is 70.9 Å². The van der Waals surface area contributed by atoms with Crippen LogP contribution in [0.25, 0.3) is 0 Å². The number of nitrogens with one attached hydrogen (secondary N) is 1. The van der Waals surface area contributed by atoms with Crippen molar-refractivity contribution in [1.82, 2.24) is 5.32 Å². The Morgan fingerprint density at radius 3 is 2.24 bits per heavy atom. The normalized spacial score (nSPS) is 14.0. The molecule has 0 spiro atoms. The van der Waals surface area contributed by atoms with Gasteiger partial charge in [0.25, 0.3) is 0 Å². The lowest BCUT2D eigenvalue weighted by atomic mass is 9.96. The van der Waals surface area contributed by atoms with E-state index in [4.69, 9.17) is 4.74 Å². The van der Waals surface area contributed by atoms with Crippen molar-refractivity contribution in [3.8, 4) is 0 Å². The van der Waals surface area contributed by atoms with E-state index in [0.717, 1.165) is 6.61 Å². The van der Waals surface area contributed by atoms with Gasteiger partial charge in [0.1, 0.15) is 0 Å². The highest BCUT2D eigenvalue weighted by Gasteiger charge is 2.21. The summed E-state index contributed by atoms with van der Waals surface area (Å²) in [5.74, 6) is 0. The van der Waals surface area contributed by atoms with Crippen molar-refractivity contribution in [3.63, 3.8) is 0 Å². The monoisotopic (exact) mass is 291 g/mol. The summed E-state index contributed by atoms with van der Waals surface area (Å²) in [6.45, 7) is 5.10. The molecule has 0 aliphatic heterocycles. The molecule has 21 heavy (non-hydrogen) atoms. The highest BCUT2D eigenvalue weighted by Crippen LogP contribution is 2.24. The summed E-state index contributed by atoms with van der Waals surface area (Å²) < 4.78 is 6.01. The second-order valence-corrected chi connectivity index (χ2v) is 5.74. The molecule has 0 saturated heterocycles. The number of ether oxygens (including phenoxy) is 1. The SMILES string of the molecule is CCCCCCCCC(NC)C(OCC)c1ccccc1. The molecule has 120 valence electrons. The van der Waals surface area contributed by atoms with E-state index in [2.05, 4.69) is 56.5 Å². The van der Waals surface area contributed by atoms with Crippen LogP contribution in [0, 0.1) is 0 Å². The van der Waals surface area contributed by atoms with E-state index in [9.17, 15) is 0 Å². The minimum atomic E-state index is 0.164. The van der Waals surface area contributed by atoms with Gasteiger partial charge in [-0.15, -0.1) is 0 Å². The van der Waals surface area contributed by atoms with Crippen molar-refractivity contribution < 1.29 is 4.74 Å². The van der Waals surface area contributed by atoms with E-state index >= 15 is 0 Å². The Balaban J connectivity index is 2.46. The molecule has 1 aromatic carbocycles. The molecule has 0 heterocycles. The zero-order chi connectivity index (χ0) is 15.3. The van der Waals surface area contributed by atoms with Gasteiger partial charge in [-0.2, -0.15) is 0 Å². The molecule has 1 rings (SSSR count). The molecule has 2 unspecified atom stereocenters. The molecule has 0 radical (unpaired) electrons. The summed E-state index contributed by atoms with van der Waals surface area (Å²) in [4.78, 5) is 0. The number of likely N-dealkylation sites (N-methyl/N-ethyl adjacent to an activating group) is 1. The fourth-order valence-electron chi connectivity index (χ4n) is 2.86. The molecule has 0 bridgehead atoms. The topological polar surface area (TPSA) is 21.3 Å². The third kappa shape index (κ3) is 7.10. The maximum atomic E-state index is 6.01. The van der Waals surface area contributed by atoms with E-state index in [1.54, 1.807) is 0 Å². The van der Waals surface area contributed by atoms with Gasteiger partial charge in [0.05, 0.1) is 6.10 Å². The standard InChI is InChI=1S/C19H33NO/c1-4-6-7-8-9-13-16-18(20-3)19(21-5-2)17-14-11-10-12-15-17/h10-12,14-15,18-20H,4-9,13,16H2,1-3H3. The van der Waals surface area contributed by atoms with E-state index in [1.165, 1.54) is 50.5 Å². The fraction of sp³-hybridized carbons (Fsp3) is 0.684. The molecular formula is C19H33NO. The summed E-state index contributed by atoms with van der Waals surface area (Å²) in [6, 6.07) is 11.0. The summed E-state index contributed by atoms with van der Waals surface area (Å²) in [5.41, 5.74) is 1.28. The predicted molar refractivity (Wildman–Crippen MR) is 91.6 cm³/mol. The Hall–Kier alpha value is -0.860. The number of hydrogen-bond acceptors (Lipinski definition) is 2. The molecule has 0 aliphatic carbocycles. The maximum absolute atomic E-state index is 6.01. The number of benzene rings is 1. The van der Waals surface area contributed by atoms with E-state index < -0.39 is 0 Å². The van der Waals surface area contributed by atoms with Crippen LogP contribution >= 0.6 is 0 Å². The molecule has 2 nitrogen and oxygen atoms in total. The van der Waals surface area contributed by atoms with Crippen LogP contribution in [0.2, 0.25) is 0 Å². The van der Waals surface area contributed by atoms with Crippen molar-refractivity contribution in [2.24, 2.45) is 0 Å². The zero-order valence-corrected chi connectivity index (χ0v) is 14.1. The van der Waals surface area contributed by atoms with Gasteiger partial charge in [-0.1, -0.05) is 75.8 Å². The van der Waals surface area contributed by atoms with Gasteiger partial charge in [0.15, 0.2) is 0 Å². The van der Waals surface area contributed by atoms with Crippen LogP contribution in [0.4, 0.5) is 0 Å². The molecule has 0 aromatic heterocycles. The average Bonchev–Trinajstić information content (AvgIpc) is 2.53. The lowest BCUT2D eigenvalue weighted by Crippen LogP contribution is -2.33. The first-order chi connectivity index (χ1) is 10.3. The average molecular weight is 291 g/mol. The third-order valence-corrected chi connectivity index (χ3v) is 4.08. The molecule has 0 saturated carbocycles. The fourth-order valence-corrected chi connectivity index (χ4v) is 2.86. The van der Waals surface area contributed by atoms with Gasteiger partial charge in [0.2, 0.25) is 0 Å². The summed E-state index contributed by atoms with van der Waals surface area (Å²) in [7, 11) is 2.05. The lowest BCUT2D eigenvalue weighted by Gasteiger charge is -2.27. The van der Waals surface area contributed by atoms with E-state index in [1.807, 2.05) is 0 Å². The smallest absolute Gasteiger partial charge is 0.0977 e. The van der Waals surface area contributed by atoms with Crippen LogP contribution in [0.1, 0.15) is 70.5 Å². The molecule has 2 heteroatoms. The maximum Gasteiger partial charge on any atom is 0.0977 e. The van der Waals surface area contributed by atoms with Crippen molar-refractivity contribution in [1.29, 1.82) is 0 Å². The van der Waals surface area contributed by atoms with Crippen LogP contribution in [-0.2, 0) is 4.74 Å². The van der Waals surface area contributed by atoms with Crippen LogP contribution in [0.5, 0.6) is 0 Å². The van der Waals surface area contributed by atoms with Crippen molar-refractivity contribution in [2.75, 3.05) is 13.7 Å². The van der Waals surface area contributed by atoms with Gasteiger partial charge in [0, 0.05) is 12.6 Å². The van der Waals surface area contributed by atoms with Crippen LogP contribution in [0.15, 0.2) is 30.3 Å². The minimum Gasteiger partial charge on any atom is -0.372 e. The van der Waals surface area contributed by atoms with E-state index in [0.29, 0.717) is 6.04 Å². The minimum absolute atomic E-state index is 0.164. The first-order valence-electron chi connectivity index (χ1n) is 8.67. The Bertz CT molecular complexity index is 339. The Morgan fingerprint density at radius 2 is 1.62 bits per heavy atom. The van der Waals surface area contributed by atoms with Gasteiger partial charge in [-0.25, -0.2) is 0 Å². The molecular weight excluding hydrogens is 258 g/mol. The molecule has 1 aromatic rings. The summed E-state index contributed by atoms with van der Waals surface area (Å²) in [5, 5.41) is 3.46. The largest absolute Gasteiger partial charge is 0.372 e. The zero-order valence-electron chi connectivity index (χ0n) is 14.1. The third-order valence-electron chi connectivity index (χ3n) is 4.08. The van der Waals surface area contributed by atoms with Gasteiger partial charge >= 0.3 is 0 Å². The van der Waals surface area contributed by atoms with Crippen LogP contribution in [-0.4, -0.2) is 19.7 Å². The van der Waals surface area contributed by atoms with Gasteiger partial charge in [-0.05, 0) is 26.0 Å². The molecule has 2 atom stereocenters. The predicted octanol–water partition coefficient (Wildman–Crippen LogP) is 5.10. The first kappa shape index (κ1) is 18.2. The number of hydrogen-bond donors (Lipinski definition) is 1. The molecule has 0 aliphatic rings. The highest BCUT2D eigenvalue weighted by molar-refractivity contribution is 5.19. The van der Waals surface area contributed by atoms with Crippen molar-refractivity contribution in [3.05, 3.63) is 35.9 Å². The number of rotatable bonds is 12. The Labute approximate surface area is 131 Å². The second kappa shape index (κ2) is 11.8. The summed E-state index contributed by atoms with van der Waals surface area (Å²) >= 11 is 0. The molecule has 1 N–H and O–H groups in total. The molecule has 0 fully saturated rings. The Kier molecular flexibility index (Phi) is 10.2. The first-order valence-corrected chi connectivity index (χ1v) is 8.67. The van der Waals surface area contributed by atoms with Crippen LogP contribution < -0.4 is 5.32 Å². The second-order valence-electron chi connectivity index (χ2n) is 5.74. The quantitative estimate of drug-likeness (QED) is 0.541. The Morgan fingerprint density at radius 1 is 0.952 bits per heavy atom. The van der Waals surface area contributed by atoms with Crippen LogP contribution in [0.3, 0.4) is 0 Å². The summed E-state index contributed by atoms with van der Waals surface area (Å²) in [6.07, 6.45) is 9.42.